The molecular weight excluding hydrogens is 246 g/mol. The Morgan fingerprint density at radius 2 is 1.89 bits per heavy atom. The largest absolute Gasteiger partial charge is 0.329 e. The first kappa shape index (κ1) is 14.4. The van der Waals surface area contributed by atoms with Gasteiger partial charge in [0.1, 0.15) is 11.6 Å². The zero-order chi connectivity index (χ0) is 14.0. The van der Waals surface area contributed by atoms with Crippen LogP contribution in [0.5, 0.6) is 0 Å². The molecule has 19 heavy (non-hydrogen) atoms. The van der Waals surface area contributed by atoms with Crippen LogP contribution in [-0.2, 0) is 0 Å². The molecule has 2 unspecified atom stereocenters. The van der Waals surface area contributed by atoms with Gasteiger partial charge in [-0.15, -0.1) is 0 Å². The molecule has 4 heteroatoms. The predicted octanol–water partition coefficient (Wildman–Crippen LogP) is 3.09. The Hall–Kier alpha value is -1.00. The van der Waals surface area contributed by atoms with Crippen molar-refractivity contribution in [3.8, 4) is 0 Å². The van der Waals surface area contributed by atoms with Crippen LogP contribution in [0.1, 0.15) is 38.3 Å². The van der Waals surface area contributed by atoms with E-state index in [4.69, 9.17) is 5.73 Å². The van der Waals surface area contributed by atoms with Crippen molar-refractivity contribution in [2.24, 2.45) is 11.7 Å². The van der Waals surface area contributed by atoms with Crippen molar-refractivity contribution in [2.45, 2.75) is 38.8 Å². The maximum atomic E-state index is 13.4. The Bertz CT molecular complexity index is 414. The molecule has 1 aliphatic heterocycles. The van der Waals surface area contributed by atoms with Gasteiger partial charge >= 0.3 is 0 Å². The van der Waals surface area contributed by atoms with E-state index in [0.717, 1.165) is 25.5 Å². The third kappa shape index (κ3) is 3.12. The summed E-state index contributed by atoms with van der Waals surface area (Å²) in [6, 6.07) is 4.05. The third-order valence-corrected chi connectivity index (χ3v) is 4.00. The molecular formula is C15H22F2N2. The highest BCUT2D eigenvalue weighted by atomic mass is 19.1. The van der Waals surface area contributed by atoms with Gasteiger partial charge in [-0.2, -0.15) is 0 Å². The van der Waals surface area contributed by atoms with Gasteiger partial charge in [-0.05, 0) is 43.0 Å². The van der Waals surface area contributed by atoms with Gasteiger partial charge in [-0.25, -0.2) is 8.78 Å². The lowest BCUT2D eigenvalue weighted by Gasteiger charge is -2.34. The molecule has 0 bridgehead atoms. The van der Waals surface area contributed by atoms with Crippen LogP contribution in [0.2, 0.25) is 0 Å². The monoisotopic (exact) mass is 268 g/mol. The summed E-state index contributed by atoms with van der Waals surface area (Å²) >= 11 is 0. The van der Waals surface area contributed by atoms with Crippen molar-refractivity contribution >= 4 is 0 Å². The fourth-order valence-corrected chi connectivity index (χ4v) is 3.15. The summed E-state index contributed by atoms with van der Waals surface area (Å²) in [6.07, 6.45) is 2.25. The number of halogens is 2. The molecule has 106 valence electrons. The number of likely N-dealkylation sites (tertiary alicyclic amines) is 1. The smallest absolute Gasteiger partial charge is 0.126 e. The highest BCUT2D eigenvalue weighted by Gasteiger charge is 2.32. The van der Waals surface area contributed by atoms with Crippen molar-refractivity contribution < 1.29 is 8.78 Å². The Labute approximate surface area is 113 Å². The molecule has 0 aliphatic carbocycles. The van der Waals surface area contributed by atoms with Crippen molar-refractivity contribution in [3.05, 3.63) is 35.4 Å². The van der Waals surface area contributed by atoms with Crippen LogP contribution in [0, 0.1) is 17.6 Å². The molecule has 0 aromatic heterocycles. The van der Waals surface area contributed by atoms with E-state index in [2.05, 4.69) is 18.7 Å². The van der Waals surface area contributed by atoms with E-state index in [9.17, 15) is 8.78 Å². The van der Waals surface area contributed by atoms with Gasteiger partial charge < -0.3 is 5.73 Å². The van der Waals surface area contributed by atoms with E-state index >= 15 is 0 Å². The van der Waals surface area contributed by atoms with Crippen LogP contribution in [0.25, 0.3) is 0 Å². The summed E-state index contributed by atoms with van der Waals surface area (Å²) < 4.78 is 26.7. The van der Waals surface area contributed by atoms with Gasteiger partial charge in [0, 0.05) is 24.7 Å². The van der Waals surface area contributed by atoms with E-state index < -0.39 is 11.6 Å². The van der Waals surface area contributed by atoms with Crippen molar-refractivity contribution in [2.75, 3.05) is 13.1 Å². The van der Waals surface area contributed by atoms with E-state index in [1.54, 1.807) is 0 Å². The van der Waals surface area contributed by atoms with Gasteiger partial charge in [0.2, 0.25) is 0 Å². The molecule has 1 aliphatic rings. The molecule has 1 fully saturated rings. The van der Waals surface area contributed by atoms with Crippen LogP contribution in [-0.4, -0.2) is 24.0 Å². The Morgan fingerprint density at radius 1 is 1.26 bits per heavy atom. The quantitative estimate of drug-likeness (QED) is 0.909. The number of benzene rings is 1. The zero-order valence-electron chi connectivity index (χ0n) is 11.6. The van der Waals surface area contributed by atoms with E-state index in [1.807, 2.05) is 0 Å². The first-order valence-electron chi connectivity index (χ1n) is 6.94. The minimum absolute atomic E-state index is 0.0971. The molecule has 2 atom stereocenters. The second-order valence-corrected chi connectivity index (χ2v) is 5.65. The molecule has 2 rings (SSSR count). The van der Waals surface area contributed by atoms with Gasteiger partial charge in [-0.1, -0.05) is 13.8 Å². The lowest BCUT2D eigenvalue weighted by molar-refractivity contribution is 0.149. The lowest BCUT2D eigenvalue weighted by Crippen LogP contribution is -2.40. The lowest BCUT2D eigenvalue weighted by atomic mass is 9.98. The molecule has 2 N–H and O–H groups in total. The van der Waals surface area contributed by atoms with Crippen molar-refractivity contribution in [1.29, 1.82) is 0 Å². The van der Waals surface area contributed by atoms with Crippen molar-refractivity contribution in [3.63, 3.8) is 0 Å². The first-order chi connectivity index (χ1) is 9.02. The fourth-order valence-electron chi connectivity index (χ4n) is 3.15. The molecule has 1 heterocycles. The first-order valence-corrected chi connectivity index (χ1v) is 6.94. The fraction of sp³-hybridized carbons (Fsp3) is 0.600. The Balaban J connectivity index is 2.28. The molecule has 0 amide bonds. The average Bonchev–Trinajstić information content (AvgIpc) is 2.78. The average molecular weight is 268 g/mol. The van der Waals surface area contributed by atoms with Crippen LogP contribution in [0.3, 0.4) is 0 Å². The maximum Gasteiger partial charge on any atom is 0.126 e. The van der Waals surface area contributed by atoms with E-state index in [1.165, 1.54) is 12.1 Å². The van der Waals surface area contributed by atoms with Gasteiger partial charge in [0.05, 0.1) is 0 Å². The highest BCUT2D eigenvalue weighted by Crippen LogP contribution is 2.32. The summed E-state index contributed by atoms with van der Waals surface area (Å²) in [7, 11) is 0. The summed E-state index contributed by atoms with van der Waals surface area (Å²) in [6.45, 7) is 5.69. The number of nitrogens with two attached hydrogens (primary N) is 1. The van der Waals surface area contributed by atoms with E-state index in [0.29, 0.717) is 24.1 Å². The summed E-state index contributed by atoms with van der Waals surface area (Å²) in [5.41, 5.74) is 6.51. The molecule has 1 saturated heterocycles. The second kappa shape index (κ2) is 5.97. The van der Waals surface area contributed by atoms with E-state index in [-0.39, 0.29) is 6.04 Å². The summed E-state index contributed by atoms with van der Waals surface area (Å²) in [5.74, 6) is -0.544. The van der Waals surface area contributed by atoms with Gasteiger partial charge in [-0.3, -0.25) is 4.90 Å². The normalized spacial score (nSPS) is 22.1. The summed E-state index contributed by atoms with van der Waals surface area (Å²) in [5, 5.41) is 0. The van der Waals surface area contributed by atoms with Crippen LogP contribution in [0.4, 0.5) is 8.78 Å². The van der Waals surface area contributed by atoms with Crippen LogP contribution < -0.4 is 5.73 Å². The van der Waals surface area contributed by atoms with Crippen molar-refractivity contribution in [1.82, 2.24) is 4.90 Å². The minimum Gasteiger partial charge on any atom is -0.329 e. The van der Waals surface area contributed by atoms with Crippen LogP contribution in [0.15, 0.2) is 18.2 Å². The SMILES string of the molecule is CC(C)C1CCCN1C(CN)c1cc(F)cc(F)c1. The molecule has 0 spiro atoms. The predicted molar refractivity (Wildman–Crippen MR) is 72.7 cm³/mol. The van der Waals surface area contributed by atoms with Gasteiger partial charge in [0.15, 0.2) is 0 Å². The topological polar surface area (TPSA) is 29.3 Å². The minimum atomic E-state index is -0.534. The maximum absolute atomic E-state index is 13.4. The molecule has 0 radical (unpaired) electrons. The molecule has 1 aromatic rings. The zero-order valence-corrected chi connectivity index (χ0v) is 11.6. The second-order valence-electron chi connectivity index (χ2n) is 5.65. The highest BCUT2D eigenvalue weighted by molar-refractivity contribution is 5.22. The number of nitrogens with zero attached hydrogens (tertiary/aromatic N) is 1. The Morgan fingerprint density at radius 3 is 2.42 bits per heavy atom. The standard InChI is InChI=1S/C15H22F2N2/c1-10(2)14-4-3-5-19(14)15(9-18)11-6-12(16)8-13(17)7-11/h6-8,10,14-15H,3-5,9,18H2,1-2H3. The molecule has 0 saturated carbocycles. The summed E-state index contributed by atoms with van der Waals surface area (Å²) in [4.78, 5) is 2.30. The Kier molecular flexibility index (Phi) is 4.53. The number of hydrogen-bond acceptors (Lipinski definition) is 2. The third-order valence-electron chi connectivity index (χ3n) is 4.00. The molecule has 2 nitrogen and oxygen atoms in total. The van der Waals surface area contributed by atoms with Crippen LogP contribution >= 0.6 is 0 Å². The molecule has 1 aromatic carbocycles. The number of rotatable bonds is 4. The van der Waals surface area contributed by atoms with Gasteiger partial charge in [0.25, 0.3) is 0 Å². The number of hydrogen-bond donors (Lipinski definition) is 1.